The first kappa shape index (κ1) is 15.6. The quantitative estimate of drug-likeness (QED) is 0.497. The van der Waals surface area contributed by atoms with E-state index < -0.39 is 22.4 Å². The number of aromatic hydroxyl groups is 1. The number of nitrogens with zero attached hydrogens (tertiary/aromatic N) is 3. The third-order valence-electron chi connectivity index (χ3n) is 3.46. The lowest BCUT2D eigenvalue weighted by Crippen LogP contribution is -2.13. The van der Waals surface area contributed by atoms with Crippen molar-refractivity contribution in [2.45, 2.75) is 6.04 Å². The van der Waals surface area contributed by atoms with Gasteiger partial charge in [0.15, 0.2) is 11.6 Å². The number of hydrogen-bond acceptors (Lipinski definition) is 6. The maximum absolute atomic E-state index is 13.0. The third kappa shape index (κ3) is 2.92. The fourth-order valence-corrected chi connectivity index (χ4v) is 2.18. The standard InChI is InChI=1S/C15H12FN5O3/c16-10-4-1-8(2-5-10)13(17)15-18-14(19-20-15)9-3-6-12(22)11(7-9)21(23)24/h1-7,13,22H,17H2,(H,18,19,20)/t13-/m1/s1. The smallest absolute Gasteiger partial charge is 0.311 e. The molecule has 122 valence electrons. The predicted octanol–water partition coefficient (Wildman–Crippen LogP) is 2.27. The van der Waals surface area contributed by atoms with Crippen LogP contribution in [0.15, 0.2) is 42.5 Å². The van der Waals surface area contributed by atoms with Gasteiger partial charge in [-0.3, -0.25) is 15.2 Å². The van der Waals surface area contributed by atoms with E-state index in [0.29, 0.717) is 17.0 Å². The number of nitro benzene ring substituents is 1. The monoisotopic (exact) mass is 329 g/mol. The number of phenolic OH excluding ortho intramolecular Hbond substituents is 1. The molecule has 3 rings (SSSR count). The fourth-order valence-electron chi connectivity index (χ4n) is 2.18. The van der Waals surface area contributed by atoms with Gasteiger partial charge in [0.2, 0.25) is 0 Å². The third-order valence-corrected chi connectivity index (χ3v) is 3.46. The van der Waals surface area contributed by atoms with Gasteiger partial charge in [-0.05, 0) is 29.8 Å². The Morgan fingerprint density at radius 3 is 2.62 bits per heavy atom. The highest BCUT2D eigenvalue weighted by atomic mass is 19.1. The highest BCUT2D eigenvalue weighted by molar-refractivity contribution is 5.63. The van der Waals surface area contributed by atoms with E-state index in [4.69, 9.17) is 5.73 Å². The molecule has 2 aromatic carbocycles. The molecule has 1 heterocycles. The predicted molar refractivity (Wildman–Crippen MR) is 82.6 cm³/mol. The summed E-state index contributed by atoms with van der Waals surface area (Å²) in [4.78, 5) is 14.4. The first-order valence-corrected chi connectivity index (χ1v) is 6.87. The van der Waals surface area contributed by atoms with Crippen molar-refractivity contribution in [2.75, 3.05) is 0 Å². The minimum Gasteiger partial charge on any atom is -0.502 e. The lowest BCUT2D eigenvalue weighted by atomic mass is 10.1. The SMILES string of the molecule is N[C@H](c1ccc(F)cc1)c1nc(-c2ccc(O)c([N+](=O)[O-])c2)n[nH]1. The largest absolute Gasteiger partial charge is 0.502 e. The van der Waals surface area contributed by atoms with E-state index in [9.17, 15) is 19.6 Å². The molecule has 3 aromatic rings. The van der Waals surface area contributed by atoms with Gasteiger partial charge in [0.05, 0.1) is 11.0 Å². The van der Waals surface area contributed by atoms with Crippen LogP contribution < -0.4 is 5.73 Å². The summed E-state index contributed by atoms with van der Waals surface area (Å²) in [6, 6.07) is 8.82. The Balaban J connectivity index is 1.92. The van der Waals surface area contributed by atoms with E-state index in [1.807, 2.05) is 0 Å². The molecule has 4 N–H and O–H groups in total. The topological polar surface area (TPSA) is 131 Å². The zero-order valence-electron chi connectivity index (χ0n) is 12.2. The summed E-state index contributed by atoms with van der Waals surface area (Å²) in [5.41, 5.74) is 6.60. The Bertz CT molecular complexity index is 894. The number of aromatic amines is 1. The summed E-state index contributed by atoms with van der Waals surface area (Å²) in [6.45, 7) is 0. The maximum atomic E-state index is 13.0. The van der Waals surface area contributed by atoms with Gasteiger partial charge in [-0.15, -0.1) is 0 Å². The van der Waals surface area contributed by atoms with Crippen LogP contribution in [0.4, 0.5) is 10.1 Å². The summed E-state index contributed by atoms with van der Waals surface area (Å²) in [5.74, 6) is -0.291. The number of rotatable bonds is 4. The number of H-pyrrole nitrogens is 1. The molecule has 0 fully saturated rings. The highest BCUT2D eigenvalue weighted by Crippen LogP contribution is 2.30. The number of phenols is 1. The Morgan fingerprint density at radius 1 is 1.25 bits per heavy atom. The Morgan fingerprint density at radius 2 is 1.96 bits per heavy atom. The average molecular weight is 329 g/mol. The Kier molecular flexibility index (Phi) is 3.92. The second kappa shape index (κ2) is 6.05. The molecule has 9 heteroatoms. The fraction of sp³-hybridized carbons (Fsp3) is 0.0667. The molecule has 0 bridgehead atoms. The van der Waals surface area contributed by atoms with Crippen molar-refractivity contribution in [2.24, 2.45) is 5.73 Å². The molecule has 0 radical (unpaired) electrons. The van der Waals surface area contributed by atoms with Gasteiger partial charge in [-0.1, -0.05) is 12.1 Å². The van der Waals surface area contributed by atoms with Crippen LogP contribution in [0.25, 0.3) is 11.4 Å². The molecule has 1 aromatic heterocycles. The first-order chi connectivity index (χ1) is 11.5. The molecular formula is C15H12FN5O3. The second-order valence-electron chi connectivity index (χ2n) is 5.03. The van der Waals surface area contributed by atoms with E-state index in [1.165, 1.54) is 42.5 Å². The number of aromatic nitrogens is 3. The second-order valence-corrected chi connectivity index (χ2v) is 5.03. The van der Waals surface area contributed by atoms with Gasteiger partial charge in [0, 0.05) is 11.6 Å². The van der Waals surface area contributed by atoms with Gasteiger partial charge in [-0.25, -0.2) is 9.37 Å². The van der Waals surface area contributed by atoms with E-state index >= 15 is 0 Å². The van der Waals surface area contributed by atoms with Gasteiger partial charge in [0.25, 0.3) is 0 Å². The minimum atomic E-state index is -0.698. The van der Waals surface area contributed by atoms with Crippen molar-refractivity contribution in [1.29, 1.82) is 0 Å². The van der Waals surface area contributed by atoms with Crippen LogP contribution in [0, 0.1) is 15.9 Å². The molecule has 1 atom stereocenters. The Labute approximate surface area is 134 Å². The van der Waals surface area contributed by atoms with Crippen LogP contribution in [0.2, 0.25) is 0 Å². The lowest BCUT2D eigenvalue weighted by Gasteiger charge is -2.07. The minimum absolute atomic E-state index is 0.200. The molecule has 0 aliphatic rings. The van der Waals surface area contributed by atoms with Crippen LogP contribution in [-0.2, 0) is 0 Å². The summed E-state index contributed by atoms with van der Waals surface area (Å²) >= 11 is 0. The zero-order chi connectivity index (χ0) is 17.3. The summed E-state index contributed by atoms with van der Waals surface area (Å²) in [5, 5.41) is 27.0. The summed E-state index contributed by atoms with van der Waals surface area (Å²) in [7, 11) is 0. The van der Waals surface area contributed by atoms with E-state index in [0.717, 1.165) is 0 Å². The van der Waals surface area contributed by atoms with E-state index in [1.54, 1.807) is 0 Å². The molecule has 24 heavy (non-hydrogen) atoms. The van der Waals surface area contributed by atoms with Crippen molar-refractivity contribution in [3.8, 4) is 17.1 Å². The number of benzene rings is 2. The molecule has 0 spiro atoms. The summed E-state index contributed by atoms with van der Waals surface area (Å²) < 4.78 is 13.0. The first-order valence-electron chi connectivity index (χ1n) is 6.87. The van der Waals surface area contributed by atoms with Crippen molar-refractivity contribution >= 4 is 5.69 Å². The summed E-state index contributed by atoms with van der Waals surface area (Å²) in [6.07, 6.45) is 0. The van der Waals surface area contributed by atoms with Crippen molar-refractivity contribution in [3.63, 3.8) is 0 Å². The maximum Gasteiger partial charge on any atom is 0.311 e. The molecule has 0 aliphatic heterocycles. The number of halogens is 1. The van der Waals surface area contributed by atoms with E-state index in [2.05, 4.69) is 15.2 Å². The molecule has 0 unspecified atom stereocenters. The van der Waals surface area contributed by atoms with Crippen LogP contribution >= 0.6 is 0 Å². The average Bonchev–Trinajstić information content (AvgIpc) is 3.05. The van der Waals surface area contributed by atoms with Crippen molar-refractivity contribution in [3.05, 3.63) is 69.8 Å². The number of hydrogen-bond donors (Lipinski definition) is 3. The van der Waals surface area contributed by atoms with Crippen LogP contribution in [0.3, 0.4) is 0 Å². The molecular weight excluding hydrogens is 317 g/mol. The van der Waals surface area contributed by atoms with Crippen LogP contribution in [0.5, 0.6) is 5.75 Å². The van der Waals surface area contributed by atoms with Crippen LogP contribution in [0.1, 0.15) is 17.4 Å². The molecule has 0 saturated carbocycles. The molecule has 0 aliphatic carbocycles. The molecule has 0 saturated heterocycles. The van der Waals surface area contributed by atoms with E-state index in [-0.39, 0.29) is 11.6 Å². The Hall–Kier alpha value is -3.33. The van der Waals surface area contributed by atoms with Gasteiger partial charge in [-0.2, -0.15) is 5.10 Å². The molecule has 8 nitrogen and oxygen atoms in total. The van der Waals surface area contributed by atoms with Crippen molar-refractivity contribution in [1.82, 2.24) is 15.2 Å². The number of nitrogens with two attached hydrogens (primary N) is 1. The highest BCUT2D eigenvalue weighted by Gasteiger charge is 2.18. The van der Waals surface area contributed by atoms with Gasteiger partial charge >= 0.3 is 5.69 Å². The number of nitro groups is 1. The van der Waals surface area contributed by atoms with Crippen LogP contribution in [-0.4, -0.2) is 25.2 Å². The lowest BCUT2D eigenvalue weighted by molar-refractivity contribution is -0.385. The normalized spacial score (nSPS) is 12.1. The number of nitrogens with one attached hydrogen (secondary N) is 1. The molecule has 0 amide bonds. The zero-order valence-corrected chi connectivity index (χ0v) is 12.2. The van der Waals surface area contributed by atoms with Gasteiger partial charge < -0.3 is 10.8 Å². The van der Waals surface area contributed by atoms with Gasteiger partial charge in [0.1, 0.15) is 11.6 Å². The van der Waals surface area contributed by atoms with Crippen molar-refractivity contribution < 1.29 is 14.4 Å².